The Morgan fingerprint density at radius 2 is 2.27 bits per heavy atom. The first-order valence-electron chi connectivity index (χ1n) is 7.06. The van der Waals surface area contributed by atoms with Crippen LogP contribution in [-0.4, -0.2) is 41.2 Å². The highest BCUT2D eigenvalue weighted by molar-refractivity contribution is 5.91. The molecule has 0 aliphatic carbocycles. The Hall–Kier alpha value is -2.44. The summed E-state index contributed by atoms with van der Waals surface area (Å²) in [5, 5.41) is 9.75. The number of carbonyl (C=O) groups is 1. The molecule has 0 bridgehead atoms. The number of rotatable bonds is 3. The van der Waals surface area contributed by atoms with Crippen LogP contribution in [0, 0.1) is 11.7 Å². The average Bonchev–Trinajstić information content (AvgIpc) is 2.55. The Kier molecular flexibility index (Phi) is 3.79. The molecule has 1 aliphatic heterocycles. The van der Waals surface area contributed by atoms with E-state index in [0.29, 0.717) is 30.7 Å². The van der Waals surface area contributed by atoms with Gasteiger partial charge in [-0.3, -0.25) is 4.79 Å². The van der Waals surface area contributed by atoms with E-state index >= 15 is 0 Å². The lowest BCUT2D eigenvalue weighted by atomic mass is 9.98. The van der Waals surface area contributed by atoms with Gasteiger partial charge in [0.25, 0.3) is 0 Å². The lowest BCUT2D eigenvalue weighted by molar-refractivity contribution is -0.141. The second kappa shape index (κ2) is 5.75. The van der Waals surface area contributed by atoms with Crippen LogP contribution in [0.5, 0.6) is 5.75 Å². The summed E-state index contributed by atoms with van der Waals surface area (Å²) >= 11 is 0. The van der Waals surface area contributed by atoms with Gasteiger partial charge in [-0.2, -0.15) is 0 Å². The first-order valence-corrected chi connectivity index (χ1v) is 7.06. The van der Waals surface area contributed by atoms with Crippen LogP contribution in [0.2, 0.25) is 0 Å². The highest BCUT2D eigenvalue weighted by atomic mass is 19.1. The van der Waals surface area contributed by atoms with Crippen LogP contribution < -0.4 is 9.64 Å². The third-order valence-electron chi connectivity index (χ3n) is 3.98. The summed E-state index contributed by atoms with van der Waals surface area (Å²) in [6.07, 6.45) is 2.71. The second-order valence-corrected chi connectivity index (χ2v) is 5.30. The number of fused-ring (bicyclic) bond motifs is 1. The number of aliphatic carboxylic acids is 1. The van der Waals surface area contributed by atoms with Gasteiger partial charge in [0.15, 0.2) is 11.6 Å². The molecule has 6 nitrogen and oxygen atoms in total. The molecule has 2 aromatic rings. The number of hydrogen-bond donors (Lipinski definition) is 1. The van der Waals surface area contributed by atoms with E-state index in [0.717, 1.165) is 6.42 Å². The van der Waals surface area contributed by atoms with Crippen LogP contribution in [-0.2, 0) is 4.79 Å². The van der Waals surface area contributed by atoms with Crippen LogP contribution in [0.1, 0.15) is 12.8 Å². The molecule has 0 radical (unpaired) electrons. The van der Waals surface area contributed by atoms with Crippen LogP contribution in [0.15, 0.2) is 18.5 Å². The predicted molar refractivity (Wildman–Crippen MR) is 78.6 cm³/mol. The molecule has 1 saturated heterocycles. The number of piperidine rings is 1. The Morgan fingerprint density at radius 3 is 3.00 bits per heavy atom. The van der Waals surface area contributed by atoms with Crippen molar-refractivity contribution in [3.05, 3.63) is 24.3 Å². The van der Waals surface area contributed by atoms with Crippen molar-refractivity contribution in [2.24, 2.45) is 5.92 Å². The monoisotopic (exact) mass is 305 g/mol. The minimum atomic E-state index is -0.809. The zero-order valence-corrected chi connectivity index (χ0v) is 12.1. The molecule has 116 valence electrons. The van der Waals surface area contributed by atoms with E-state index in [4.69, 9.17) is 4.74 Å². The Labute approximate surface area is 126 Å². The Bertz CT molecular complexity index is 722. The Balaban J connectivity index is 2.04. The lowest BCUT2D eigenvalue weighted by Gasteiger charge is -2.32. The first-order chi connectivity index (χ1) is 10.6. The molecular formula is C15H16FN3O3. The number of hydrogen-bond acceptors (Lipinski definition) is 5. The maximum Gasteiger partial charge on any atom is 0.308 e. The molecule has 1 aromatic heterocycles. The van der Waals surface area contributed by atoms with E-state index in [2.05, 4.69) is 9.97 Å². The predicted octanol–water partition coefficient (Wildman–Crippen LogP) is 2.08. The van der Waals surface area contributed by atoms with Crippen LogP contribution >= 0.6 is 0 Å². The quantitative estimate of drug-likeness (QED) is 0.935. The zero-order valence-electron chi connectivity index (χ0n) is 12.1. The second-order valence-electron chi connectivity index (χ2n) is 5.30. The van der Waals surface area contributed by atoms with Crippen molar-refractivity contribution in [3.63, 3.8) is 0 Å². The largest absolute Gasteiger partial charge is 0.494 e. The molecule has 7 heteroatoms. The van der Waals surface area contributed by atoms with Gasteiger partial charge in [0.05, 0.1) is 13.0 Å². The van der Waals surface area contributed by atoms with Gasteiger partial charge in [0.2, 0.25) is 0 Å². The van der Waals surface area contributed by atoms with Gasteiger partial charge in [-0.1, -0.05) is 0 Å². The van der Waals surface area contributed by atoms with E-state index < -0.39 is 17.7 Å². The number of carboxylic acids is 1. The molecule has 1 aromatic carbocycles. The van der Waals surface area contributed by atoms with Gasteiger partial charge in [0.1, 0.15) is 17.7 Å². The van der Waals surface area contributed by atoms with Gasteiger partial charge in [-0.05, 0) is 25.0 Å². The fourth-order valence-electron chi connectivity index (χ4n) is 2.84. The van der Waals surface area contributed by atoms with Crippen molar-refractivity contribution in [1.82, 2.24) is 9.97 Å². The number of nitrogens with zero attached hydrogens (tertiary/aromatic N) is 3. The summed E-state index contributed by atoms with van der Waals surface area (Å²) in [4.78, 5) is 21.3. The van der Waals surface area contributed by atoms with Gasteiger partial charge in [-0.15, -0.1) is 0 Å². The molecule has 22 heavy (non-hydrogen) atoms. The van der Waals surface area contributed by atoms with Crippen molar-refractivity contribution in [2.75, 3.05) is 25.1 Å². The third kappa shape index (κ3) is 2.43. The van der Waals surface area contributed by atoms with Gasteiger partial charge in [0, 0.05) is 18.5 Å². The van der Waals surface area contributed by atoms with Gasteiger partial charge >= 0.3 is 5.97 Å². The standard InChI is InChI=1S/C15H16FN3O3/c1-22-11-5-4-10-13(12(11)16)17-8-18-14(10)19-6-2-3-9(7-19)15(20)21/h4-5,8-9H,2-3,6-7H2,1H3,(H,20,21). The van der Waals surface area contributed by atoms with Crippen molar-refractivity contribution < 1.29 is 19.0 Å². The molecule has 1 N–H and O–H groups in total. The van der Waals surface area contributed by atoms with E-state index in [1.807, 2.05) is 4.90 Å². The molecule has 0 spiro atoms. The van der Waals surface area contributed by atoms with Crippen LogP contribution in [0.4, 0.5) is 10.2 Å². The molecule has 1 aliphatic rings. The number of halogens is 1. The summed E-state index contributed by atoms with van der Waals surface area (Å²) in [6, 6.07) is 3.24. The molecule has 1 unspecified atom stereocenters. The van der Waals surface area contributed by atoms with Crippen LogP contribution in [0.3, 0.4) is 0 Å². The minimum absolute atomic E-state index is 0.124. The number of anilines is 1. The SMILES string of the molecule is COc1ccc2c(N3CCCC(C(=O)O)C3)ncnc2c1F. The number of carboxylic acid groups (broad SMARTS) is 1. The fourth-order valence-corrected chi connectivity index (χ4v) is 2.84. The molecule has 2 heterocycles. The maximum atomic E-state index is 14.3. The third-order valence-corrected chi connectivity index (χ3v) is 3.98. The summed E-state index contributed by atoms with van der Waals surface area (Å²) in [7, 11) is 1.40. The molecule has 1 atom stereocenters. The van der Waals surface area contributed by atoms with Crippen LogP contribution in [0.25, 0.3) is 10.9 Å². The van der Waals surface area contributed by atoms with Gasteiger partial charge in [-0.25, -0.2) is 14.4 Å². The van der Waals surface area contributed by atoms with Crippen molar-refractivity contribution in [3.8, 4) is 5.75 Å². The summed E-state index contributed by atoms with van der Waals surface area (Å²) in [5.74, 6) is -1.08. The Morgan fingerprint density at radius 1 is 1.45 bits per heavy atom. The van der Waals surface area contributed by atoms with Crippen molar-refractivity contribution in [2.45, 2.75) is 12.8 Å². The fraction of sp³-hybridized carbons (Fsp3) is 0.400. The topological polar surface area (TPSA) is 75.5 Å². The molecule has 0 saturated carbocycles. The average molecular weight is 305 g/mol. The number of ether oxygens (including phenoxy) is 1. The summed E-state index contributed by atoms with van der Waals surface area (Å²) in [5.41, 5.74) is 0.182. The lowest BCUT2D eigenvalue weighted by Crippen LogP contribution is -2.39. The number of aromatic nitrogens is 2. The first kappa shape index (κ1) is 14.5. The molecule has 0 amide bonds. The number of methoxy groups -OCH3 is 1. The smallest absolute Gasteiger partial charge is 0.308 e. The maximum absolute atomic E-state index is 14.3. The van der Waals surface area contributed by atoms with E-state index in [-0.39, 0.29) is 11.3 Å². The molecule has 1 fully saturated rings. The highest BCUT2D eigenvalue weighted by Gasteiger charge is 2.27. The van der Waals surface area contributed by atoms with Crippen molar-refractivity contribution in [1.29, 1.82) is 0 Å². The van der Waals surface area contributed by atoms with Crippen molar-refractivity contribution >= 4 is 22.7 Å². The van der Waals surface area contributed by atoms with Gasteiger partial charge < -0.3 is 14.7 Å². The van der Waals surface area contributed by atoms with E-state index in [1.165, 1.54) is 19.5 Å². The zero-order chi connectivity index (χ0) is 15.7. The summed E-state index contributed by atoms with van der Waals surface area (Å²) in [6.45, 7) is 1.07. The number of benzene rings is 1. The normalized spacial score (nSPS) is 18.5. The van der Waals surface area contributed by atoms with E-state index in [9.17, 15) is 14.3 Å². The van der Waals surface area contributed by atoms with E-state index in [1.54, 1.807) is 6.07 Å². The highest BCUT2D eigenvalue weighted by Crippen LogP contribution is 2.31. The summed E-state index contributed by atoms with van der Waals surface area (Å²) < 4.78 is 19.3. The minimum Gasteiger partial charge on any atom is -0.494 e. The molecular weight excluding hydrogens is 289 g/mol. The molecule has 3 rings (SSSR count).